The molecule has 0 unspecified atom stereocenters. The first-order valence-electron chi connectivity index (χ1n) is 12.8. The maximum atomic E-state index is 11.2. The number of allylic oxidation sites excluding steroid dienone is 1. The molecule has 10 atom stereocenters. The zero-order valence-electron chi connectivity index (χ0n) is 20.0. The molecule has 4 rings (SSSR count). The van der Waals surface area contributed by atoms with Gasteiger partial charge in [0.25, 0.3) is 0 Å². The Morgan fingerprint density at radius 2 is 1.77 bits per heavy atom. The zero-order valence-corrected chi connectivity index (χ0v) is 20.0. The van der Waals surface area contributed by atoms with Crippen molar-refractivity contribution in [2.24, 2.45) is 46.3 Å². The van der Waals surface area contributed by atoms with Crippen molar-refractivity contribution < 1.29 is 15.3 Å². The lowest BCUT2D eigenvalue weighted by atomic mass is 9.47. The lowest BCUT2D eigenvalue weighted by Crippen LogP contribution is -2.51. The first-order valence-corrected chi connectivity index (χ1v) is 12.8. The van der Waals surface area contributed by atoms with Crippen LogP contribution in [-0.2, 0) is 0 Å². The van der Waals surface area contributed by atoms with Gasteiger partial charge in [0.05, 0.1) is 18.3 Å². The number of hydrogen-bond acceptors (Lipinski definition) is 3. The van der Waals surface area contributed by atoms with Gasteiger partial charge in [-0.05, 0) is 104 Å². The van der Waals surface area contributed by atoms with Gasteiger partial charge in [-0.15, -0.1) is 0 Å². The second-order valence-electron chi connectivity index (χ2n) is 12.4. The number of hydrogen-bond donors (Lipinski definition) is 3. The van der Waals surface area contributed by atoms with Gasteiger partial charge in [-0.2, -0.15) is 0 Å². The molecule has 4 aliphatic rings. The second-order valence-corrected chi connectivity index (χ2v) is 12.4. The van der Waals surface area contributed by atoms with Gasteiger partial charge in [-0.3, -0.25) is 0 Å². The normalized spacial score (nSPS) is 47.8. The van der Waals surface area contributed by atoms with E-state index in [0.29, 0.717) is 23.7 Å². The average Bonchev–Trinajstić information content (AvgIpc) is 2.96. The third-order valence-corrected chi connectivity index (χ3v) is 10.4. The molecule has 3 saturated carbocycles. The molecule has 30 heavy (non-hydrogen) atoms. The minimum Gasteiger partial charge on any atom is -0.393 e. The molecule has 0 heterocycles. The Bertz CT molecular complexity index is 656. The highest BCUT2D eigenvalue weighted by Crippen LogP contribution is 2.67. The summed E-state index contributed by atoms with van der Waals surface area (Å²) in [6.07, 6.45) is 11.0. The van der Waals surface area contributed by atoms with E-state index in [9.17, 15) is 15.3 Å². The van der Waals surface area contributed by atoms with Gasteiger partial charge >= 0.3 is 0 Å². The SMILES string of the molecule is CC(C)CC[C@@H](O)[C@@H](C)[C@H]1[C@@H](O)C[C@H]2[C@@H]3CC=C4C[C@@H](O)CC[C@]4(C)[C@H]3CC[C@]12C. The summed E-state index contributed by atoms with van der Waals surface area (Å²) < 4.78 is 0. The van der Waals surface area contributed by atoms with Crippen LogP contribution in [0.5, 0.6) is 0 Å². The molecule has 0 aromatic rings. The van der Waals surface area contributed by atoms with E-state index in [0.717, 1.165) is 44.9 Å². The summed E-state index contributed by atoms with van der Waals surface area (Å²) >= 11 is 0. The maximum absolute atomic E-state index is 11.2. The minimum absolute atomic E-state index is 0.134. The Morgan fingerprint density at radius 3 is 2.47 bits per heavy atom. The predicted octanol–water partition coefficient (Wildman–Crippen LogP) is 5.33. The number of aliphatic hydroxyl groups is 3. The maximum Gasteiger partial charge on any atom is 0.0580 e. The van der Waals surface area contributed by atoms with Crippen LogP contribution in [0, 0.1) is 46.3 Å². The monoisotopic (exact) mass is 418 g/mol. The molecule has 0 saturated heterocycles. The number of rotatable bonds is 5. The van der Waals surface area contributed by atoms with E-state index in [-0.39, 0.29) is 41.0 Å². The highest BCUT2D eigenvalue weighted by molar-refractivity contribution is 5.25. The lowest BCUT2D eigenvalue weighted by Gasteiger charge is -2.58. The Hall–Kier alpha value is -0.380. The minimum atomic E-state index is -0.310. The van der Waals surface area contributed by atoms with E-state index < -0.39 is 0 Å². The van der Waals surface area contributed by atoms with Gasteiger partial charge in [0.15, 0.2) is 0 Å². The summed E-state index contributed by atoms with van der Waals surface area (Å²) in [6, 6.07) is 0. The van der Waals surface area contributed by atoms with Gasteiger partial charge in [0.2, 0.25) is 0 Å². The van der Waals surface area contributed by atoms with Gasteiger partial charge in [0, 0.05) is 0 Å². The number of aliphatic hydroxyl groups excluding tert-OH is 3. The van der Waals surface area contributed by atoms with Crippen molar-refractivity contribution in [2.45, 2.75) is 111 Å². The largest absolute Gasteiger partial charge is 0.393 e. The molecule has 3 heteroatoms. The van der Waals surface area contributed by atoms with E-state index in [4.69, 9.17) is 0 Å². The summed E-state index contributed by atoms with van der Waals surface area (Å²) in [5, 5.41) is 32.4. The molecular formula is C27H46O3. The smallest absolute Gasteiger partial charge is 0.0580 e. The Labute approximate surface area is 184 Å². The summed E-state index contributed by atoms with van der Waals surface area (Å²) in [7, 11) is 0. The van der Waals surface area contributed by atoms with Crippen LogP contribution in [0.25, 0.3) is 0 Å². The molecule has 172 valence electrons. The van der Waals surface area contributed by atoms with Crippen LogP contribution in [0.2, 0.25) is 0 Å². The molecular weight excluding hydrogens is 372 g/mol. The van der Waals surface area contributed by atoms with E-state index in [2.05, 4.69) is 40.7 Å². The Balaban J connectivity index is 1.56. The second kappa shape index (κ2) is 8.19. The van der Waals surface area contributed by atoms with Crippen molar-refractivity contribution in [3.63, 3.8) is 0 Å². The third kappa shape index (κ3) is 3.61. The van der Waals surface area contributed by atoms with Crippen molar-refractivity contribution in [3.8, 4) is 0 Å². The van der Waals surface area contributed by atoms with Crippen LogP contribution >= 0.6 is 0 Å². The van der Waals surface area contributed by atoms with E-state index in [1.54, 1.807) is 0 Å². The molecule has 3 N–H and O–H groups in total. The highest BCUT2D eigenvalue weighted by atomic mass is 16.3. The standard InChI is InChI=1S/C27H46O3/c1-16(2)6-9-23(29)17(3)25-24(30)15-22-20-8-7-18-14-19(28)10-12-26(18,4)21(20)11-13-27(22,25)5/h7,16-17,19-25,28-30H,6,8-15H2,1-5H3/t17-,19+,20-,21+,22+,23-,24+,25+,26+,27+/m1/s1. The van der Waals surface area contributed by atoms with Crippen LogP contribution in [0.4, 0.5) is 0 Å². The molecule has 0 aromatic heterocycles. The fourth-order valence-electron chi connectivity index (χ4n) is 8.65. The molecule has 3 nitrogen and oxygen atoms in total. The molecule has 0 radical (unpaired) electrons. The predicted molar refractivity (Wildman–Crippen MR) is 122 cm³/mol. The first kappa shape index (κ1) is 22.8. The topological polar surface area (TPSA) is 60.7 Å². The summed E-state index contributed by atoms with van der Waals surface area (Å²) in [6.45, 7) is 11.5. The Morgan fingerprint density at radius 1 is 1.03 bits per heavy atom. The molecule has 0 aliphatic heterocycles. The fourth-order valence-corrected chi connectivity index (χ4v) is 8.65. The molecule has 0 amide bonds. The summed E-state index contributed by atoms with van der Waals surface area (Å²) in [4.78, 5) is 0. The van der Waals surface area contributed by atoms with Gasteiger partial charge in [-0.25, -0.2) is 0 Å². The highest BCUT2D eigenvalue weighted by Gasteiger charge is 2.62. The molecule has 3 fully saturated rings. The zero-order chi connectivity index (χ0) is 21.8. The summed E-state index contributed by atoms with van der Waals surface area (Å²) in [5.74, 6) is 2.86. The molecule has 4 aliphatic carbocycles. The molecule has 0 spiro atoms. The van der Waals surface area contributed by atoms with Crippen LogP contribution in [0.15, 0.2) is 11.6 Å². The Kier molecular flexibility index (Phi) is 6.23. The quantitative estimate of drug-likeness (QED) is 0.529. The first-order chi connectivity index (χ1) is 14.1. The lowest BCUT2D eigenvalue weighted by molar-refractivity contribution is -0.0768. The van der Waals surface area contributed by atoms with Crippen molar-refractivity contribution in [2.75, 3.05) is 0 Å². The molecule has 0 aromatic carbocycles. The van der Waals surface area contributed by atoms with Crippen molar-refractivity contribution in [1.29, 1.82) is 0 Å². The van der Waals surface area contributed by atoms with Gasteiger partial charge in [0.1, 0.15) is 0 Å². The van der Waals surface area contributed by atoms with Crippen molar-refractivity contribution >= 4 is 0 Å². The molecule has 0 bridgehead atoms. The average molecular weight is 419 g/mol. The van der Waals surface area contributed by atoms with E-state index in [1.807, 2.05) is 0 Å². The van der Waals surface area contributed by atoms with Gasteiger partial charge < -0.3 is 15.3 Å². The fraction of sp³-hybridized carbons (Fsp3) is 0.926. The van der Waals surface area contributed by atoms with E-state index in [1.165, 1.54) is 18.4 Å². The number of fused-ring (bicyclic) bond motifs is 5. The summed E-state index contributed by atoms with van der Waals surface area (Å²) in [5.41, 5.74) is 1.89. The van der Waals surface area contributed by atoms with Crippen LogP contribution < -0.4 is 0 Å². The third-order valence-electron chi connectivity index (χ3n) is 10.4. The van der Waals surface area contributed by atoms with E-state index >= 15 is 0 Å². The van der Waals surface area contributed by atoms with Crippen molar-refractivity contribution in [3.05, 3.63) is 11.6 Å². The van der Waals surface area contributed by atoms with Crippen LogP contribution in [0.3, 0.4) is 0 Å². The van der Waals surface area contributed by atoms with Crippen LogP contribution in [0.1, 0.15) is 92.4 Å². The van der Waals surface area contributed by atoms with Crippen LogP contribution in [-0.4, -0.2) is 33.6 Å². The van der Waals surface area contributed by atoms with Gasteiger partial charge in [-0.1, -0.05) is 46.3 Å². The van der Waals surface area contributed by atoms with Crippen molar-refractivity contribution in [1.82, 2.24) is 0 Å².